The molecule has 12 aromatic rings. The summed E-state index contributed by atoms with van der Waals surface area (Å²) in [7, 11) is 0. The van der Waals surface area contributed by atoms with Crippen LogP contribution in [0, 0.1) is 23.3 Å². The summed E-state index contributed by atoms with van der Waals surface area (Å²) in [5.74, 6) is -4.09. The van der Waals surface area contributed by atoms with Crippen LogP contribution < -0.4 is 49.1 Å². The molecule has 0 fully saturated rings. The predicted octanol–water partition coefficient (Wildman–Crippen LogP) is 15.6. The van der Waals surface area contributed by atoms with Crippen LogP contribution in [0.2, 0.25) is 15.1 Å². The van der Waals surface area contributed by atoms with E-state index in [0.29, 0.717) is 108 Å². The van der Waals surface area contributed by atoms with Crippen LogP contribution in [-0.2, 0) is 19.6 Å². The van der Waals surface area contributed by atoms with Gasteiger partial charge in [0.05, 0.1) is 27.1 Å². The van der Waals surface area contributed by atoms with Crippen LogP contribution in [-0.4, -0.2) is 80.1 Å². The van der Waals surface area contributed by atoms with Crippen molar-refractivity contribution in [2.24, 2.45) is 17.2 Å². The molecule has 0 unspecified atom stereocenters. The highest BCUT2D eigenvalue weighted by Gasteiger charge is 2.23. The van der Waals surface area contributed by atoms with Gasteiger partial charge in [-0.05, 0) is 177 Å². The smallest absolute Gasteiger partial charge is 0.323 e. The van der Waals surface area contributed by atoms with E-state index in [0.717, 1.165) is 17.2 Å². The highest BCUT2D eigenvalue weighted by Crippen LogP contribution is 2.41. The number of nitrogens with one attached hydrogen (secondary N) is 6. The van der Waals surface area contributed by atoms with E-state index in [4.69, 9.17) is 52.0 Å². The second-order valence-electron chi connectivity index (χ2n) is 22.1. The Morgan fingerprint density at radius 2 is 0.748 bits per heavy atom. The van der Waals surface area contributed by atoms with Gasteiger partial charge in [0, 0.05) is 118 Å². The average molecular weight is 1450 g/mol. The van der Waals surface area contributed by atoms with E-state index in [-0.39, 0.29) is 33.5 Å². The maximum absolute atomic E-state index is 14.7. The van der Waals surface area contributed by atoms with Crippen LogP contribution >= 0.6 is 34.8 Å². The van der Waals surface area contributed by atoms with E-state index in [2.05, 4.69) is 62.1 Å². The number of halogens is 7. The molecule has 0 atom stereocenters. The van der Waals surface area contributed by atoms with Crippen molar-refractivity contribution in [2.75, 3.05) is 31.9 Å². The van der Waals surface area contributed by atoms with Crippen molar-refractivity contribution in [1.82, 2.24) is 44.3 Å². The lowest BCUT2D eigenvalue weighted by atomic mass is 10.0. The van der Waals surface area contributed by atoms with Crippen molar-refractivity contribution in [3.8, 4) is 67.2 Å². The first-order valence-corrected chi connectivity index (χ1v) is 32.2. The van der Waals surface area contributed by atoms with Gasteiger partial charge in [0.15, 0.2) is 0 Å². The van der Waals surface area contributed by atoms with Crippen LogP contribution in [0.25, 0.3) is 67.2 Å². The maximum Gasteiger partial charge on any atom is 0.323 e. The minimum Gasteiger partial charge on any atom is -0.364 e. The Hall–Kier alpha value is -12.8. The molecule has 6 aromatic heterocycles. The van der Waals surface area contributed by atoms with Crippen LogP contribution in [0.1, 0.15) is 52.2 Å². The van der Waals surface area contributed by atoms with Crippen molar-refractivity contribution in [3.05, 3.63) is 250 Å². The van der Waals surface area contributed by atoms with Crippen molar-refractivity contribution < 1.29 is 46.3 Å². The lowest BCUT2D eigenvalue weighted by molar-refractivity contribution is 0.0987. The van der Waals surface area contributed by atoms with Gasteiger partial charge in [-0.25, -0.2) is 31.9 Å². The number of amides is 9. The molecule has 0 saturated heterocycles. The Kier molecular flexibility index (Phi) is 23.3. The summed E-state index contributed by atoms with van der Waals surface area (Å²) in [6.07, 6.45) is 9.75. The second kappa shape index (κ2) is 32.9. The first-order chi connectivity index (χ1) is 49.4. The lowest BCUT2D eigenvalue weighted by Gasteiger charge is -2.13. The molecule has 0 aliphatic heterocycles. The van der Waals surface area contributed by atoms with Gasteiger partial charge in [-0.3, -0.25) is 43.4 Å². The predicted molar refractivity (Wildman–Crippen MR) is 387 cm³/mol. The lowest BCUT2D eigenvalue weighted by Crippen LogP contribution is -2.20. The molecular formula is C72H59Cl3F4N18O6. The van der Waals surface area contributed by atoms with E-state index in [9.17, 15) is 46.3 Å². The van der Waals surface area contributed by atoms with E-state index < -0.39 is 59.1 Å². The molecule has 12 rings (SSSR count). The fourth-order valence-corrected chi connectivity index (χ4v) is 10.6. The number of rotatable bonds is 18. The Bertz CT molecular complexity index is 4960. The third-order valence-corrected chi connectivity index (χ3v) is 16.0. The quantitative estimate of drug-likeness (QED) is 0.0362. The molecule has 24 nitrogen and oxygen atoms in total. The summed E-state index contributed by atoms with van der Waals surface area (Å²) in [5.41, 5.74) is 25.0. The van der Waals surface area contributed by atoms with Gasteiger partial charge in [-0.2, -0.15) is 15.3 Å². The Morgan fingerprint density at radius 3 is 1.17 bits per heavy atom. The first-order valence-electron chi connectivity index (χ1n) is 31.0. The number of benzene rings is 6. The van der Waals surface area contributed by atoms with Crippen LogP contribution in [0.15, 0.2) is 195 Å². The van der Waals surface area contributed by atoms with Crippen LogP contribution in [0.3, 0.4) is 0 Å². The molecular weight excluding hydrogens is 1400 g/mol. The van der Waals surface area contributed by atoms with Gasteiger partial charge in [0.2, 0.25) is 0 Å². The third-order valence-electron chi connectivity index (χ3n) is 15.0. The number of aryl methyl sites for hydroxylation is 3. The number of hydrogen-bond acceptors (Lipinski definition) is 12. The highest BCUT2D eigenvalue weighted by molar-refractivity contribution is 6.37. The number of carbonyl (C=O) groups excluding carboxylic acids is 6. The van der Waals surface area contributed by atoms with E-state index >= 15 is 0 Å². The molecule has 0 radical (unpaired) electrons. The second-order valence-corrected chi connectivity index (χ2v) is 23.3. The summed E-state index contributed by atoms with van der Waals surface area (Å²) < 4.78 is 60.4. The molecule has 31 heteroatoms. The summed E-state index contributed by atoms with van der Waals surface area (Å²) >= 11 is 18.8. The van der Waals surface area contributed by atoms with Gasteiger partial charge in [0.25, 0.3) is 17.7 Å². The number of anilines is 6. The average Bonchev–Trinajstić information content (AvgIpc) is 1.69. The SMILES string of the molecule is CCn1cc(-c2cc(F)cc(NC(=O)Nc3ccc(Cl)cc3)c2Cl)c(-c2ccnc(C(N)=O)c2)n1.CCn1cc(-c2ccc(Cl)c(NC(=O)Nc3ccc(F)cc3)c2)c(-c2ccnc(C(N)=O)c2)n1.CCn1cc(-c2ccc(F)c(NC(=O)Nc3ccc(F)cc3)c2)c(-c2ccnc(C(N)=O)c2)n1. The summed E-state index contributed by atoms with van der Waals surface area (Å²) in [4.78, 5) is 84.0. The fraction of sp³-hybridized carbons (Fsp3) is 0.0833. The van der Waals surface area contributed by atoms with Gasteiger partial charge in [0.1, 0.15) is 57.4 Å². The topological polar surface area (TPSA) is 345 Å². The number of pyridine rings is 3. The van der Waals surface area contributed by atoms with Gasteiger partial charge < -0.3 is 49.1 Å². The number of nitrogens with two attached hydrogens (primary N) is 3. The largest absolute Gasteiger partial charge is 0.364 e. The van der Waals surface area contributed by atoms with Crippen LogP contribution in [0.4, 0.5) is 66.1 Å². The zero-order valence-electron chi connectivity index (χ0n) is 54.4. The number of urea groups is 3. The number of nitrogens with zero attached hydrogens (tertiary/aromatic N) is 9. The third kappa shape index (κ3) is 18.6. The maximum atomic E-state index is 14.7. The van der Waals surface area contributed by atoms with E-state index in [1.165, 1.54) is 97.5 Å². The molecule has 6 heterocycles. The van der Waals surface area contributed by atoms with Crippen molar-refractivity contribution in [1.29, 1.82) is 0 Å². The molecule has 0 aliphatic carbocycles. The number of carbonyl (C=O) groups is 6. The van der Waals surface area contributed by atoms with E-state index in [1.54, 1.807) is 93.2 Å². The minimum atomic E-state index is -0.690. The Balaban J connectivity index is 0.000000166. The normalized spacial score (nSPS) is 10.7. The van der Waals surface area contributed by atoms with Gasteiger partial charge in [-0.15, -0.1) is 0 Å². The van der Waals surface area contributed by atoms with Gasteiger partial charge in [-0.1, -0.05) is 46.9 Å². The highest BCUT2D eigenvalue weighted by atomic mass is 35.5. The molecule has 0 bridgehead atoms. The molecule has 12 N–H and O–H groups in total. The standard InChI is InChI=1S/C24H19Cl2FN6O2.C24H20ClFN6O2.C24H20F2N6O2/c1-2-33-12-18(22(32-33)13-7-8-29-20(9-13)23(28)34)17-10-15(27)11-19(21(17)26)31-24(35)30-16-5-3-14(25)4-6-16;1-2-32-13-18(22(31-32)15-9-10-28-21(12-15)23(27)33)14-3-8-19(25)20(11-14)30-24(34)29-17-6-4-16(26)5-7-17;1-2-32-13-18(22(31-32)15-9-10-28-21(12-15)23(27)33)14-3-8-19(26)20(11-14)30-24(34)29-17-6-4-16(25)5-7-17/h3-12H,2H2,1H3,(H2,28,34)(H2,30,31,35);2*3-13H,2H2,1H3,(H2,27,33)(H2,29,30,34). The summed E-state index contributed by atoms with van der Waals surface area (Å²) in [6, 6.07) is 36.8. The molecule has 0 spiro atoms. The zero-order valence-corrected chi connectivity index (χ0v) is 56.7. The molecule has 9 amide bonds. The van der Waals surface area contributed by atoms with Crippen molar-refractivity contribution in [2.45, 2.75) is 40.4 Å². The fourth-order valence-electron chi connectivity index (χ4n) is 10.1. The molecule has 522 valence electrons. The molecule has 0 aliphatic rings. The number of hydrogen-bond donors (Lipinski definition) is 9. The summed E-state index contributed by atoms with van der Waals surface area (Å²) in [5, 5.41) is 30.2. The zero-order chi connectivity index (χ0) is 73.6. The van der Waals surface area contributed by atoms with Crippen molar-refractivity contribution in [3.63, 3.8) is 0 Å². The minimum absolute atomic E-state index is 0.0557. The van der Waals surface area contributed by atoms with Crippen LogP contribution in [0.5, 0.6) is 0 Å². The first kappa shape index (κ1) is 72.9. The Morgan fingerprint density at radius 1 is 0.379 bits per heavy atom. The number of aromatic nitrogens is 9. The van der Waals surface area contributed by atoms with Gasteiger partial charge >= 0.3 is 18.1 Å². The Labute approximate surface area is 599 Å². The molecule has 0 saturated carbocycles. The monoisotopic (exact) mass is 1450 g/mol. The number of primary amides is 3. The van der Waals surface area contributed by atoms with E-state index in [1.807, 2.05) is 33.0 Å². The molecule has 6 aromatic carbocycles. The summed E-state index contributed by atoms with van der Waals surface area (Å²) in [6.45, 7) is 7.49. The van der Waals surface area contributed by atoms with Crippen molar-refractivity contribution >= 4 is 105 Å². The molecule has 103 heavy (non-hydrogen) atoms.